The summed E-state index contributed by atoms with van der Waals surface area (Å²) in [6, 6.07) is 9.75. The molecule has 1 saturated heterocycles. The normalized spacial score (nSPS) is 18.9. The lowest BCUT2D eigenvalue weighted by Gasteiger charge is -2.26. The molecule has 10 heteroatoms. The lowest BCUT2D eigenvalue weighted by molar-refractivity contribution is 0.0666. The molecular formula is C21H18F2N6O2. The number of aromatic nitrogens is 5. The van der Waals surface area contributed by atoms with E-state index >= 15 is 0 Å². The molecule has 0 aliphatic carbocycles. The van der Waals surface area contributed by atoms with Crippen LogP contribution >= 0.6 is 0 Å². The maximum atomic E-state index is 14.1. The Morgan fingerprint density at radius 1 is 1.19 bits per heavy atom. The van der Waals surface area contributed by atoms with Crippen molar-refractivity contribution in [2.75, 3.05) is 13.1 Å². The molecule has 0 saturated carbocycles. The highest BCUT2D eigenvalue weighted by atomic mass is 19.1. The first kappa shape index (κ1) is 19.3. The predicted molar refractivity (Wildman–Crippen MR) is 110 cm³/mol. The smallest absolute Gasteiger partial charge is 0.297 e. The van der Waals surface area contributed by atoms with Crippen molar-refractivity contribution >= 4 is 10.9 Å². The van der Waals surface area contributed by atoms with Crippen molar-refractivity contribution in [3.8, 4) is 28.5 Å². The first-order valence-corrected chi connectivity index (χ1v) is 9.81. The maximum absolute atomic E-state index is 14.1. The summed E-state index contributed by atoms with van der Waals surface area (Å²) in [5.41, 5.74) is 1.84. The van der Waals surface area contributed by atoms with Gasteiger partial charge in [-0.25, -0.2) is 9.37 Å². The third-order valence-electron chi connectivity index (χ3n) is 5.20. The van der Waals surface area contributed by atoms with Crippen LogP contribution in [0.4, 0.5) is 8.78 Å². The van der Waals surface area contributed by atoms with Crippen LogP contribution in [0.1, 0.15) is 6.42 Å². The van der Waals surface area contributed by atoms with Crippen LogP contribution in [0.3, 0.4) is 0 Å². The van der Waals surface area contributed by atoms with Crippen LogP contribution in [-0.4, -0.2) is 50.5 Å². The Labute approximate surface area is 174 Å². The molecule has 3 N–H and O–H groups in total. The summed E-state index contributed by atoms with van der Waals surface area (Å²) in [5, 5.41) is 10.9. The number of nitrogens with one attached hydrogen (secondary N) is 3. The molecule has 31 heavy (non-hydrogen) atoms. The molecule has 3 aromatic heterocycles. The lowest BCUT2D eigenvalue weighted by atomic mass is 10.0. The third-order valence-corrected chi connectivity index (χ3v) is 5.20. The fourth-order valence-electron chi connectivity index (χ4n) is 3.65. The number of hydrogen-bond donors (Lipinski definition) is 3. The summed E-state index contributed by atoms with van der Waals surface area (Å²) in [6.45, 7) is 0.893. The highest BCUT2D eigenvalue weighted by Crippen LogP contribution is 2.30. The monoisotopic (exact) mass is 424 g/mol. The Kier molecular flexibility index (Phi) is 4.91. The van der Waals surface area contributed by atoms with Crippen molar-refractivity contribution in [3.05, 3.63) is 58.9 Å². The first-order chi connectivity index (χ1) is 15.1. The van der Waals surface area contributed by atoms with Gasteiger partial charge in [0.25, 0.3) is 11.6 Å². The molecule has 0 radical (unpaired) electrons. The molecule has 8 nitrogen and oxygen atoms in total. The standard InChI is InChI=1S/C21H18F2N6O2/c22-14-5-7-24-10-17(14)31-21-26-16(9-18(30)27-21)19-13-8-11(3-4-15(13)28-29-19)12-2-1-6-25-20(12)23/h1-4,6,8-9,14,17,24H,5,7,10H2,(H,28,29)(H,26,27,30)/t14-,17-/m1/s1. The molecule has 5 rings (SSSR count). The van der Waals surface area contributed by atoms with Crippen LogP contribution in [0.25, 0.3) is 33.4 Å². The summed E-state index contributed by atoms with van der Waals surface area (Å²) < 4.78 is 33.9. The van der Waals surface area contributed by atoms with Crippen molar-refractivity contribution in [2.24, 2.45) is 0 Å². The molecule has 4 heterocycles. The van der Waals surface area contributed by atoms with Gasteiger partial charge in [-0.3, -0.25) is 14.9 Å². The molecule has 0 bridgehead atoms. The van der Waals surface area contributed by atoms with E-state index < -0.39 is 23.8 Å². The molecule has 4 aromatic rings. The number of benzene rings is 1. The van der Waals surface area contributed by atoms with E-state index in [0.29, 0.717) is 47.2 Å². The molecule has 1 aromatic carbocycles. The van der Waals surface area contributed by atoms with E-state index in [4.69, 9.17) is 4.74 Å². The molecular weight excluding hydrogens is 406 g/mol. The summed E-state index contributed by atoms with van der Waals surface area (Å²) in [7, 11) is 0. The van der Waals surface area contributed by atoms with Gasteiger partial charge < -0.3 is 10.1 Å². The molecule has 0 amide bonds. The Morgan fingerprint density at radius 3 is 2.94 bits per heavy atom. The number of aromatic amines is 2. The number of fused-ring (bicyclic) bond motifs is 1. The van der Waals surface area contributed by atoms with Crippen molar-refractivity contribution in [1.29, 1.82) is 0 Å². The Balaban J connectivity index is 1.54. The van der Waals surface area contributed by atoms with Gasteiger partial charge in [0.15, 0.2) is 0 Å². The Morgan fingerprint density at radius 2 is 2.10 bits per heavy atom. The van der Waals surface area contributed by atoms with E-state index in [1.807, 2.05) is 0 Å². The number of halogens is 2. The second-order valence-corrected chi connectivity index (χ2v) is 7.28. The minimum atomic E-state index is -1.15. The van der Waals surface area contributed by atoms with Gasteiger partial charge in [-0.2, -0.15) is 14.5 Å². The van der Waals surface area contributed by atoms with Crippen LogP contribution in [0.2, 0.25) is 0 Å². The molecule has 0 spiro atoms. The minimum absolute atomic E-state index is 0.0792. The number of ether oxygens (including phenoxy) is 1. The summed E-state index contributed by atoms with van der Waals surface area (Å²) in [6.07, 6.45) is -0.195. The van der Waals surface area contributed by atoms with Gasteiger partial charge in [-0.1, -0.05) is 6.07 Å². The number of rotatable bonds is 4. The van der Waals surface area contributed by atoms with Crippen molar-refractivity contribution in [1.82, 2.24) is 30.5 Å². The van der Waals surface area contributed by atoms with Gasteiger partial charge in [0, 0.05) is 29.8 Å². The second-order valence-electron chi connectivity index (χ2n) is 7.28. The summed E-state index contributed by atoms with van der Waals surface area (Å²) in [4.78, 5) is 22.7. The van der Waals surface area contributed by atoms with Crippen molar-refractivity contribution in [3.63, 3.8) is 0 Å². The van der Waals surface area contributed by atoms with Gasteiger partial charge >= 0.3 is 0 Å². The number of hydrogen-bond acceptors (Lipinski definition) is 6. The van der Waals surface area contributed by atoms with Crippen LogP contribution < -0.4 is 15.6 Å². The van der Waals surface area contributed by atoms with Crippen LogP contribution in [0, 0.1) is 5.95 Å². The lowest BCUT2D eigenvalue weighted by Crippen LogP contribution is -2.45. The summed E-state index contributed by atoms with van der Waals surface area (Å²) in [5.74, 6) is -0.585. The maximum Gasteiger partial charge on any atom is 0.297 e. The number of piperidine rings is 1. The fourth-order valence-corrected chi connectivity index (χ4v) is 3.65. The number of alkyl halides is 1. The van der Waals surface area contributed by atoms with Gasteiger partial charge in [-0.05, 0) is 42.8 Å². The van der Waals surface area contributed by atoms with Crippen LogP contribution in [-0.2, 0) is 0 Å². The highest BCUT2D eigenvalue weighted by Gasteiger charge is 2.27. The van der Waals surface area contributed by atoms with E-state index in [2.05, 4.69) is 30.5 Å². The largest absolute Gasteiger partial charge is 0.457 e. The van der Waals surface area contributed by atoms with E-state index in [-0.39, 0.29) is 11.7 Å². The number of pyridine rings is 1. The van der Waals surface area contributed by atoms with Gasteiger partial charge in [0.2, 0.25) is 5.95 Å². The van der Waals surface area contributed by atoms with E-state index in [1.54, 1.807) is 30.3 Å². The van der Waals surface area contributed by atoms with Crippen molar-refractivity contribution in [2.45, 2.75) is 18.7 Å². The number of H-pyrrole nitrogens is 2. The zero-order valence-electron chi connectivity index (χ0n) is 16.2. The van der Waals surface area contributed by atoms with E-state index in [1.165, 1.54) is 12.3 Å². The Hall–Kier alpha value is -3.66. The minimum Gasteiger partial charge on any atom is -0.457 e. The van der Waals surface area contributed by atoms with Crippen LogP contribution in [0.5, 0.6) is 6.01 Å². The molecule has 0 unspecified atom stereocenters. The quantitative estimate of drug-likeness (QED) is 0.435. The molecule has 1 aliphatic heterocycles. The number of nitrogens with zero attached hydrogens (tertiary/aromatic N) is 3. The zero-order chi connectivity index (χ0) is 21.4. The van der Waals surface area contributed by atoms with Crippen LogP contribution in [0.15, 0.2) is 47.4 Å². The van der Waals surface area contributed by atoms with E-state index in [0.717, 1.165) is 0 Å². The second kappa shape index (κ2) is 7.88. The van der Waals surface area contributed by atoms with Crippen molar-refractivity contribution < 1.29 is 13.5 Å². The third kappa shape index (κ3) is 3.77. The van der Waals surface area contributed by atoms with Gasteiger partial charge in [0.1, 0.15) is 23.7 Å². The average molecular weight is 424 g/mol. The molecule has 1 aliphatic rings. The highest BCUT2D eigenvalue weighted by molar-refractivity contribution is 5.94. The zero-order valence-corrected chi connectivity index (χ0v) is 16.2. The van der Waals surface area contributed by atoms with Gasteiger partial charge in [-0.15, -0.1) is 0 Å². The van der Waals surface area contributed by atoms with E-state index in [9.17, 15) is 13.6 Å². The molecule has 1 fully saturated rings. The van der Waals surface area contributed by atoms with Gasteiger partial charge in [0.05, 0.1) is 5.52 Å². The predicted octanol–water partition coefficient (Wildman–Crippen LogP) is 2.59. The molecule has 2 atom stereocenters. The average Bonchev–Trinajstić information content (AvgIpc) is 3.19. The molecule has 158 valence electrons. The SMILES string of the molecule is O=c1cc(-c2n[nH]c3ccc(-c4cccnc4F)cc23)nc(O[C@@H]2CNCC[C@H]2F)[nH]1. The fraction of sp³-hybridized carbons (Fsp3) is 0.238. The Bertz CT molecular complexity index is 1300. The summed E-state index contributed by atoms with van der Waals surface area (Å²) >= 11 is 0. The topological polar surface area (TPSA) is 109 Å². The first-order valence-electron chi connectivity index (χ1n) is 9.81.